The maximum Gasteiger partial charge on any atom is 0.269 e. The number of benzene rings is 1. The van der Waals surface area contributed by atoms with Gasteiger partial charge in [0.15, 0.2) is 0 Å². The van der Waals surface area contributed by atoms with Crippen LogP contribution < -0.4 is 5.73 Å². The van der Waals surface area contributed by atoms with Crippen molar-refractivity contribution in [3.05, 3.63) is 39.4 Å². The van der Waals surface area contributed by atoms with E-state index in [0.717, 1.165) is 19.4 Å². The molecule has 1 aromatic carbocycles. The van der Waals surface area contributed by atoms with Gasteiger partial charge >= 0.3 is 0 Å². The molecule has 1 aromatic rings. The van der Waals surface area contributed by atoms with Crippen molar-refractivity contribution in [1.29, 1.82) is 0 Å². The third kappa shape index (κ3) is 2.40. The molecule has 3 atom stereocenters. The Morgan fingerprint density at radius 2 is 2.14 bits per heavy atom. The molecule has 0 spiro atoms. The molecule has 0 radical (unpaired) electrons. The molecule has 1 amide bonds. The number of aryl methyl sites for hydroxylation is 1. The molecule has 112 valence electrons. The summed E-state index contributed by atoms with van der Waals surface area (Å²) in [4.78, 5) is 24.8. The fraction of sp³-hybridized carbons (Fsp3) is 0.533. The van der Waals surface area contributed by atoms with Gasteiger partial charge in [-0.2, -0.15) is 0 Å². The zero-order valence-electron chi connectivity index (χ0n) is 12.0. The van der Waals surface area contributed by atoms with Gasteiger partial charge in [-0.05, 0) is 43.2 Å². The number of amides is 1. The van der Waals surface area contributed by atoms with Crippen LogP contribution in [0.1, 0.15) is 28.8 Å². The number of nitro benzene ring substituents is 1. The van der Waals surface area contributed by atoms with Gasteiger partial charge in [-0.3, -0.25) is 14.9 Å². The number of hydrogen-bond donors (Lipinski definition) is 1. The predicted octanol–water partition coefficient (Wildman–Crippen LogP) is 1.71. The van der Waals surface area contributed by atoms with Crippen LogP contribution in [0.25, 0.3) is 0 Å². The van der Waals surface area contributed by atoms with Gasteiger partial charge in [-0.1, -0.05) is 0 Å². The highest BCUT2D eigenvalue weighted by atomic mass is 16.6. The molecule has 6 heteroatoms. The van der Waals surface area contributed by atoms with Crippen LogP contribution in [0.3, 0.4) is 0 Å². The molecule has 21 heavy (non-hydrogen) atoms. The van der Waals surface area contributed by atoms with E-state index in [1.54, 1.807) is 13.0 Å². The van der Waals surface area contributed by atoms with Gasteiger partial charge in [0, 0.05) is 36.8 Å². The van der Waals surface area contributed by atoms with Crippen LogP contribution >= 0.6 is 0 Å². The van der Waals surface area contributed by atoms with Crippen LogP contribution in [0.4, 0.5) is 5.69 Å². The van der Waals surface area contributed by atoms with E-state index in [9.17, 15) is 14.9 Å². The first-order valence-electron chi connectivity index (χ1n) is 7.27. The minimum Gasteiger partial charge on any atom is -0.338 e. The van der Waals surface area contributed by atoms with E-state index in [4.69, 9.17) is 5.73 Å². The zero-order chi connectivity index (χ0) is 15.1. The van der Waals surface area contributed by atoms with Gasteiger partial charge in [0.05, 0.1) is 4.92 Å². The Kier molecular flexibility index (Phi) is 3.41. The Morgan fingerprint density at radius 3 is 2.76 bits per heavy atom. The summed E-state index contributed by atoms with van der Waals surface area (Å²) >= 11 is 0. The third-order valence-electron chi connectivity index (χ3n) is 4.85. The number of carbonyl (C=O) groups excluding carboxylic acids is 1. The van der Waals surface area contributed by atoms with Gasteiger partial charge in [0.1, 0.15) is 0 Å². The molecule has 1 heterocycles. The fourth-order valence-corrected chi connectivity index (χ4v) is 3.65. The van der Waals surface area contributed by atoms with Crippen LogP contribution in [0, 0.1) is 28.9 Å². The predicted molar refractivity (Wildman–Crippen MR) is 77.9 cm³/mol. The van der Waals surface area contributed by atoms with Gasteiger partial charge in [-0.25, -0.2) is 0 Å². The normalized spacial score (nSPS) is 27.7. The van der Waals surface area contributed by atoms with Gasteiger partial charge in [0.25, 0.3) is 11.6 Å². The lowest BCUT2D eigenvalue weighted by molar-refractivity contribution is -0.384. The van der Waals surface area contributed by atoms with Crippen LogP contribution in [0.2, 0.25) is 0 Å². The van der Waals surface area contributed by atoms with E-state index in [2.05, 4.69) is 0 Å². The number of nitro groups is 1. The number of nitrogens with zero attached hydrogens (tertiary/aromatic N) is 2. The van der Waals surface area contributed by atoms with E-state index in [1.807, 2.05) is 4.90 Å². The molecule has 0 bridgehead atoms. The van der Waals surface area contributed by atoms with E-state index < -0.39 is 4.92 Å². The molecular formula is C15H19N3O3. The molecule has 1 saturated carbocycles. The van der Waals surface area contributed by atoms with E-state index in [-0.39, 0.29) is 17.6 Å². The van der Waals surface area contributed by atoms with E-state index >= 15 is 0 Å². The Labute approximate surface area is 123 Å². The molecule has 6 nitrogen and oxygen atoms in total. The third-order valence-corrected chi connectivity index (χ3v) is 4.85. The van der Waals surface area contributed by atoms with Crippen molar-refractivity contribution in [3.63, 3.8) is 0 Å². The van der Waals surface area contributed by atoms with Crippen LogP contribution in [-0.2, 0) is 0 Å². The molecule has 3 unspecified atom stereocenters. The van der Waals surface area contributed by atoms with E-state index in [1.165, 1.54) is 12.1 Å². The summed E-state index contributed by atoms with van der Waals surface area (Å²) in [7, 11) is 0. The first-order chi connectivity index (χ1) is 9.97. The number of nitrogens with two attached hydrogens (primary N) is 1. The second-order valence-corrected chi connectivity index (χ2v) is 6.13. The monoisotopic (exact) mass is 289 g/mol. The Bertz CT molecular complexity index is 602. The van der Waals surface area contributed by atoms with Gasteiger partial charge in [0.2, 0.25) is 0 Å². The number of carbonyl (C=O) groups is 1. The molecule has 0 aromatic heterocycles. The Hall–Kier alpha value is -1.95. The number of rotatable bonds is 2. The minimum atomic E-state index is -0.444. The molecule has 1 saturated heterocycles. The lowest BCUT2D eigenvalue weighted by Gasteiger charge is -2.19. The van der Waals surface area contributed by atoms with Crippen molar-refractivity contribution in [3.8, 4) is 0 Å². The molecule has 3 rings (SSSR count). The second kappa shape index (κ2) is 5.11. The maximum atomic E-state index is 12.6. The van der Waals surface area contributed by atoms with Crippen molar-refractivity contribution < 1.29 is 9.72 Å². The van der Waals surface area contributed by atoms with Crippen molar-refractivity contribution in [2.45, 2.75) is 25.8 Å². The Morgan fingerprint density at radius 1 is 1.38 bits per heavy atom. The fourth-order valence-electron chi connectivity index (χ4n) is 3.65. The lowest BCUT2D eigenvalue weighted by Crippen LogP contribution is -2.33. The summed E-state index contributed by atoms with van der Waals surface area (Å²) in [6.45, 7) is 3.21. The summed E-state index contributed by atoms with van der Waals surface area (Å²) in [5.74, 6) is 0.888. The topological polar surface area (TPSA) is 89.5 Å². The number of non-ortho nitro benzene ring substituents is 1. The average molecular weight is 289 g/mol. The molecule has 2 fully saturated rings. The number of likely N-dealkylation sites (tertiary alicyclic amines) is 1. The van der Waals surface area contributed by atoms with Crippen molar-refractivity contribution in [1.82, 2.24) is 4.90 Å². The zero-order valence-corrected chi connectivity index (χ0v) is 12.0. The summed E-state index contributed by atoms with van der Waals surface area (Å²) in [6, 6.07) is 4.61. The highest BCUT2D eigenvalue weighted by Gasteiger charge is 2.42. The molecule has 2 aliphatic rings. The summed E-state index contributed by atoms with van der Waals surface area (Å²) in [6.07, 6.45) is 2.14. The first kappa shape index (κ1) is 14.0. The second-order valence-electron chi connectivity index (χ2n) is 6.13. The van der Waals surface area contributed by atoms with Crippen LogP contribution in [-0.4, -0.2) is 34.9 Å². The first-order valence-corrected chi connectivity index (χ1v) is 7.27. The molecular weight excluding hydrogens is 270 g/mol. The standard InChI is InChI=1S/C15H19N3O3/c1-9-6-11(18(20)21)3-4-12(9)15(19)17-7-10-2-5-14(16)13(10)8-17/h3-4,6,10,13-14H,2,5,7-8,16H2,1H3. The van der Waals surface area contributed by atoms with Crippen molar-refractivity contribution in [2.75, 3.05) is 13.1 Å². The van der Waals surface area contributed by atoms with Crippen LogP contribution in [0.5, 0.6) is 0 Å². The van der Waals surface area contributed by atoms with Crippen LogP contribution in [0.15, 0.2) is 18.2 Å². The van der Waals surface area contributed by atoms with Crippen molar-refractivity contribution in [2.24, 2.45) is 17.6 Å². The highest BCUT2D eigenvalue weighted by molar-refractivity contribution is 5.96. The number of hydrogen-bond acceptors (Lipinski definition) is 4. The quantitative estimate of drug-likeness (QED) is 0.663. The molecule has 1 aliphatic carbocycles. The SMILES string of the molecule is Cc1cc([N+](=O)[O-])ccc1C(=O)N1CC2CCC(N)C2C1. The maximum absolute atomic E-state index is 12.6. The van der Waals surface area contributed by atoms with Crippen molar-refractivity contribution >= 4 is 11.6 Å². The lowest BCUT2D eigenvalue weighted by atomic mass is 9.98. The molecule has 2 N–H and O–H groups in total. The summed E-state index contributed by atoms with van der Waals surface area (Å²) < 4.78 is 0. The largest absolute Gasteiger partial charge is 0.338 e. The summed E-state index contributed by atoms with van der Waals surface area (Å²) in [5.41, 5.74) is 7.31. The molecule has 1 aliphatic heterocycles. The van der Waals surface area contributed by atoms with Gasteiger partial charge in [-0.15, -0.1) is 0 Å². The van der Waals surface area contributed by atoms with Gasteiger partial charge < -0.3 is 10.6 Å². The number of fused-ring (bicyclic) bond motifs is 1. The highest BCUT2D eigenvalue weighted by Crippen LogP contribution is 2.37. The van der Waals surface area contributed by atoms with E-state index in [0.29, 0.717) is 29.5 Å². The minimum absolute atomic E-state index is 0.0179. The smallest absolute Gasteiger partial charge is 0.269 e. The summed E-state index contributed by atoms with van der Waals surface area (Å²) in [5, 5.41) is 10.8. The Balaban J connectivity index is 1.79. The average Bonchev–Trinajstić information content (AvgIpc) is 3.00.